The molecular weight excluding hydrogens is 276 g/mol. The molecule has 1 fully saturated rings. The summed E-state index contributed by atoms with van der Waals surface area (Å²) in [5.74, 6) is 0.126. The van der Waals surface area contributed by atoms with Crippen LogP contribution < -0.4 is 5.32 Å². The molecule has 1 aromatic heterocycles. The molecule has 1 saturated carbocycles. The quantitative estimate of drug-likeness (QED) is 0.824. The minimum atomic E-state index is -0.683. The molecular formula is C14H16N2O3S. The number of para-hydroxylation sites is 2. The monoisotopic (exact) mass is 292 g/mol. The van der Waals surface area contributed by atoms with E-state index >= 15 is 0 Å². The molecule has 6 heteroatoms. The van der Waals surface area contributed by atoms with Crippen LogP contribution in [0.2, 0.25) is 0 Å². The van der Waals surface area contributed by atoms with Gasteiger partial charge in [-0.3, -0.25) is 4.79 Å². The zero-order valence-electron chi connectivity index (χ0n) is 11.0. The predicted octanol–water partition coefficient (Wildman–Crippen LogP) is 1.95. The van der Waals surface area contributed by atoms with Crippen molar-refractivity contribution in [3.05, 3.63) is 24.3 Å². The minimum absolute atomic E-state index is 0.113. The van der Waals surface area contributed by atoms with Crippen LogP contribution in [-0.2, 0) is 4.79 Å². The number of oxazole rings is 1. The number of fused-ring (bicyclic) bond motifs is 1. The second-order valence-electron chi connectivity index (χ2n) is 5.09. The summed E-state index contributed by atoms with van der Waals surface area (Å²) >= 11 is 1.26. The van der Waals surface area contributed by atoms with Gasteiger partial charge in [-0.15, -0.1) is 0 Å². The predicted molar refractivity (Wildman–Crippen MR) is 76.5 cm³/mol. The van der Waals surface area contributed by atoms with Gasteiger partial charge in [0, 0.05) is 6.54 Å². The standard InChI is InChI=1S/C14H16N2O3S/c17-12(15-9-14(18)6-3-7-14)8-20-13-16-10-4-1-2-5-11(10)19-13/h1-2,4-5,18H,3,6-9H2,(H,15,17). The Labute approximate surface area is 120 Å². The van der Waals surface area contributed by atoms with Gasteiger partial charge in [-0.2, -0.15) is 0 Å². The zero-order valence-corrected chi connectivity index (χ0v) is 11.8. The summed E-state index contributed by atoms with van der Waals surface area (Å²) in [7, 11) is 0. The van der Waals surface area contributed by atoms with Gasteiger partial charge < -0.3 is 14.8 Å². The summed E-state index contributed by atoms with van der Waals surface area (Å²) in [6, 6.07) is 7.49. The van der Waals surface area contributed by atoms with Gasteiger partial charge in [0.05, 0.1) is 11.4 Å². The maximum Gasteiger partial charge on any atom is 0.257 e. The number of benzene rings is 1. The molecule has 0 bridgehead atoms. The lowest BCUT2D eigenvalue weighted by atomic mass is 9.80. The number of thioether (sulfide) groups is 1. The van der Waals surface area contributed by atoms with Gasteiger partial charge in [-0.1, -0.05) is 23.9 Å². The van der Waals surface area contributed by atoms with Crippen molar-refractivity contribution in [1.29, 1.82) is 0 Å². The van der Waals surface area contributed by atoms with Crippen molar-refractivity contribution in [2.24, 2.45) is 0 Å². The molecule has 0 unspecified atom stereocenters. The molecule has 0 atom stereocenters. The first-order valence-corrected chi connectivity index (χ1v) is 7.61. The van der Waals surface area contributed by atoms with E-state index in [1.54, 1.807) is 0 Å². The number of nitrogens with zero attached hydrogens (tertiary/aromatic N) is 1. The van der Waals surface area contributed by atoms with Gasteiger partial charge in [0.2, 0.25) is 5.91 Å². The highest BCUT2D eigenvalue weighted by Gasteiger charge is 2.34. The van der Waals surface area contributed by atoms with Gasteiger partial charge >= 0.3 is 0 Å². The molecule has 3 rings (SSSR count). The summed E-state index contributed by atoms with van der Waals surface area (Å²) in [5.41, 5.74) is 0.830. The fourth-order valence-electron chi connectivity index (χ4n) is 2.12. The summed E-state index contributed by atoms with van der Waals surface area (Å²) < 4.78 is 5.52. The molecule has 1 heterocycles. The molecule has 0 spiro atoms. The zero-order chi connectivity index (χ0) is 14.0. The summed E-state index contributed by atoms with van der Waals surface area (Å²) in [6.07, 6.45) is 2.57. The topological polar surface area (TPSA) is 75.4 Å². The van der Waals surface area contributed by atoms with Gasteiger partial charge in [-0.25, -0.2) is 4.98 Å². The molecule has 1 aliphatic carbocycles. The first kappa shape index (κ1) is 13.5. The van der Waals surface area contributed by atoms with Gasteiger partial charge in [0.25, 0.3) is 5.22 Å². The Kier molecular flexibility index (Phi) is 3.67. The normalized spacial score (nSPS) is 16.9. The summed E-state index contributed by atoms with van der Waals surface area (Å²) in [5, 5.41) is 13.1. The Balaban J connectivity index is 1.49. The molecule has 1 aromatic carbocycles. The van der Waals surface area contributed by atoms with Crippen LogP contribution >= 0.6 is 11.8 Å². The number of carbonyl (C=O) groups excluding carboxylic acids is 1. The maximum absolute atomic E-state index is 11.7. The number of nitrogens with one attached hydrogen (secondary N) is 1. The van der Waals surface area contributed by atoms with E-state index in [0.717, 1.165) is 30.4 Å². The average molecular weight is 292 g/mol. The molecule has 1 aliphatic rings. The summed E-state index contributed by atoms with van der Waals surface area (Å²) in [4.78, 5) is 16.0. The van der Waals surface area contributed by atoms with Crippen molar-refractivity contribution >= 4 is 28.8 Å². The lowest BCUT2D eigenvalue weighted by molar-refractivity contribution is -0.121. The van der Waals surface area contributed by atoms with Crippen molar-refractivity contribution in [2.45, 2.75) is 30.1 Å². The number of hydrogen-bond donors (Lipinski definition) is 2. The summed E-state index contributed by atoms with van der Waals surface area (Å²) in [6.45, 7) is 0.333. The maximum atomic E-state index is 11.7. The molecule has 0 aliphatic heterocycles. The van der Waals surface area contributed by atoms with Crippen molar-refractivity contribution < 1.29 is 14.3 Å². The Hall–Kier alpha value is -1.53. The van der Waals surface area contributed by atoms with Crippen molar-refractivity contribution in [2.75, 3.05) is 12.3 Å². The Morgan fingerprint density at radius 1 is 1.45 bits per heavy atom. The van der Waals surface area contributed by atoms with Crippen molar-refractivity contribution in [1.82, 2.24) is 10.3 Å². The highest BCUT2D eigenvalue weighted by molar-refractivity contribution is 7.99. The van der Waals surface area contributed by atoms with Crippen molar-refractivity contribution in [3.8, 4) is 0 Å². The second-order valence-corrected chi connectivity index (χ2v) is 6.02. The van der Waals surface area contributed by atoms with Crippen LogP contribution in [0.25, 0.3) is 11.1 Å². The molecule has 20 heavy (non-hydrogen) atoms. The fraction of sp³-hybridized carbons (Fsp3) is 0.429. The van der Waals surface area contributed by atoms with Crippen LogP contribution in [-0.4, -0.2) is 33.9 Å². The van der Waals surface area contributed by atoms with Crippen molar-refractivity contribution in [3.63, 3.8) is 0 Å². The van der Waals surface area contributed by atoms with E-state index < -0.39 is 5.60 Å². The number of aromatic nitrogens is 1. The third-order valence-electron chi connectivity index (χ3n) is 3.50. The van der Waals surface area contributed by atoms with E-state index in [2.05, 4.69) is 10.3 Å². The van der Waals surface area contributed by atoms with Gasteiger partial charge in [0.15, 0.2) is 5.58 Å². The Morgan fingerprint density at radius 2 is 2.25 bits per heavy atom. The average Bonchev–Trinajstić information content (AvgIpc) is 2.83. The van der Waals surface area contributed by atoms with Crippen LogP contribution in [0.5, 0.6) is 0 Å². The minimum Gasteiger partial charge on any atom is -0.431 e. The van der Waals surface area contributed by atoms with Crippen LogP contribution in [0, 0.1) is 0 Å². The van der Waals surface area contributed by atoms with E-state index in [-0.39, 0.29) is 11.7 Å². The SMILES string of the molecule is O=C(CSc1nc2ccccc2o1)NCC1(O)CCC1. The third-order valence-corrected chi connectivity index (χ3v) is 4.33. The molecule has 0 radical (unpaired) electrons. The Morgan fingerprint density at radius 3 is 2.95 bits per heavy atom. The lowest BCUT2D eigenvalue weighted by Crippen LogP contribution is -2.48. The molecule has 2 aromatic rings. The van der Waals surface area contributed by atoms with E-state index in [9.17, 15) is 9.90 Å². The second kappa shape index (κ2) is 5.46. The molecule has 106 valence electrons. The smallest absolute Gasteiger partial charge is 0.257 e. The van der Waals surface area contributed by atoms with Crippen LogP contribution in [0.1, 0.15) is 19.3 Å². The lowest BCUT2D eigenvalue weighted by Gasteiger charge is -2.36. The first-order chi connectivity index (χ1) is 9.65. The molecule has 0 saturated heterocycles. The van der Waals surface area contributed by atoms with E-state index in [0.29, 0.717) is 11.8 Å². The van der Waals surface area contributed by atoms with Crippen LogP contribution in [0.15, 0.2) is 33.9 Å². The highest BCUT2D eigenvalue weighted by Crippen LogP contribution is 2.30. The first-order valence-electron chi connectivity index (χ1n) is 6.62. The van der Waals surface area contributed by atoms with Gasteiger partial charge in [0.1, 0.15) is 5.52 Å². The third kappa shape index (κ3) is 2.96. The Bertz CT molecular complexity index is 589. The number of rotatable bonds is 5. The van der Waals surface area contributed by atoms with E-state index in [1.165, 1.54) is 11.8 Å². The number of carbonyl (C=O) groups is 1. The molecule has 5 nitrogen and oxygen atoms in total. The van der Waals surface area contributed by atoms with E-state index in [1.807, 2.05) is 24.3 Å². The van der Waals surface area contributed by atoms with E-state index in [4.69, 9.17) is 4.42 Å². The number of amides is 1. The van der Waals surface area contributed by atoms with Crippen LogP contribution in [0.3, 0.4) is 0 Å². The molecule has 2 N–H and O–H groups in total. The fourth-order valence-corrected chi connectivity index (χ4v) is 2.78. The van der Waals surface area contributed by atoms with Gasteiger partial charge in [-0.05, 0) is 31.4 Å². The van der Waals surface area contributed by atoms with Crippen LogP contribution in [0.4, 0.5) is 0 Å². The molecule has 1 amide bonds. The number of hydrogen-bond acceptors (Lipinski definition) is 5. The highest BCUT2D eigenvalue weighted by atomic mass is 32.2. The largest absolute Gasteiger partial charge is 0.431 e. The number of aliphatic hydroxyl groups is 1.